The number of nitrogens with one attached hydrogen (secondary N) is 2. The minimum Gasteiger partial charge on any atom is -0.349 e. The molecule has 2 heterocycles. The molecule has 2 fully saturated rings. The first-order valence-electron chi connectivity index (χ1n) is 9.47. The molecule has 2 atom stereocenters. The molecule has 2 N–H and O–H groups in total. The molecule has 1 saturated carbocycles. The molecule has 2 amide bonds. The van der Waals surface area contributed by atoms with Gasteiger partial charge in [0.25, 0.3) is 5.91 Å². The predicted molar refractivity (Wildman–Crippen MR) is 101 cm³/mol. The van der Waals surface area contributed by atoms with Crippen molar-refractivity contribution in [3.05, 3.63) is 28.1 Å². The number of aromatic nitrogens is 2. The average Bonchev–Trinajstić information content (AvgIpc) is 2.94. The topological polar surface area (TPSA) is 78.1 Å². The number of likely N-dealkylation sites (tertiary alicyclic amines) is 1. The molecule has 0 aromatic carbocycles. The summed E-state index contributed by atoms with van der Waals surface area (Å²) < 4.78 is 0. The van der Waals surface area contributed by atoms with Crippen molar-refractivity contribution in [3.8, 4) is 0 Å². The summed E-state index contributed by atoms with van der Waals surface area (Å²) in [6, 6.07) is 0.136. The van der Waals surface area contributed by atoms with Crippen LogP contribution in [0.4, 0.5) is 0 Å². The summed E-state index contributed by atoms with van der Waals surface area (Å²) in [5.41, 5.74) is 2.35. The number of hydrogen-bond donors (Lipinski definition) is 2. The van der Waals surface area contributed by atoms with E-state index in [9.17, 15) is 9.59 Å². The maximum absolute atomic E-state index is 12.6. The van der Waals surface area contributed by atoms with Crippen LogP contribution in [0.2, 0.25) is 5.15 Å². The highest BCUT2D eigenvalue weighted by Crippen LogP contribution is 2.25. The molecule has 1 aromatic rings. The normalized spacial score (nSPS) is 23.7. The summed E-state index contributed by atoms with van der Waals surface area (Å²) in [7, 11) is 0. The number of H-pyrrole nitrogens is 1. The second kappa shape index (κ2) is 8.25. The zero-order valence-corrected chi connectivity index (χ0v) is 16.2. The Hall–Kier alpha value is -1.82. The van der Waals surface area contributed by atoms with Crippen LogP contribution in [0, 0.1) is 6.92 Å². The molecule has 0 bridgehead atoms. The van der Waals surface area contributed by atoms with E-state index in [1.165, 1.54) is 24.8 Å². The number of allylic oxidation sites excluding steroid dienone is 1. The summed E-state index contributed by atoms with van der Waals surface area (Å²) in [6.45, 7) is 4.48. The van der Waals surface area contributed by atoms with Gasteiger partial charge < -0.3 is 10.2 Å². The van der Waals surface area contributed by atoms with Gasteiger partial charge in [0.15, 0.2) is 5.15 Å². The predicted octanol–water partition coefficient (Wildman–Crippen LogP) is 3.37. The lowest BCUT2D eigenvalue weighted by molar-refractivity contribution is -0.129. The van der Waals surface area contributed by atoms with Gasteiger partial charge in [-0.2, -0.15) is 5.10 Å². The fourth-order valence-corrected chi connectivity index (χ4v) is 4.23. The van der Waals surface area contributed by atoms with E-state index in [0.717, 1.165) is 25.7 Å². The van der Waals surface area contributed by atoms with Crippen LogP contribution < -0.4 is 5.32 Å². The Morgan fingerprint density at radius 3 is 2.65 bits per heavy atom. The molecule has 26 heavy (non-hydrogen) atoms. The van der Waals surface area contributed by atoms with Crippen molar-refractivity contribution >= 4 is 23.4 Å². The molecule has 142 valence electrons. The Bertz CT molecular complexity index is 685. The van der Waals surface area contributed by atoms with E-state index >= 15 is 0 Å². The molecule has 1 saturated heterocycles. The third-order valence-corrected chi connectivity index (χ3v) is 5.72. The van der Waals surface area contributed by atoms with Crippen molar-refractivity contribution in [2.45, 2.75) is 70.9 Å². The number of amides is 2. The van der Waals surface area contributed by atoms with E-state index in [4.69, 9.17) is 11.6 Å². The molecule has 0 radical (unpaired) electrons. The van der Waals surface area contributed by atoms with Crippen LogP contribution in [0.15, 0.2) is 11.6 Å². The van der Waals surface area contributed by atoms with Crippen molar-refractivity contribution in [1.29, 1.82) is 0 Å². The van der Waals surface area contributed by atoms with Crippen LogP contribution in [0.3, 0.4) is 0 Å². The first kappa shape index (κ1) is 19.0. The number of aromatic amines is 1. The Morgan fingerprint density at radius 2 is 2.04 bits per heavy atom. The summed E-state index contributed by atoms with van der Waals surface area (Å²) in [5, 5.41) is 9.81. The van der Waals surface area contributed by atoms with E-state index in [1.807, 2.05) is 17.9 Å². The number of carbonyl (C=O) groups excluding carboxylic acids is 2. The van der Waals surface area contributed by atoms with Crippen LogP contribution in [-0.2, 0) is 4.79 Å². The average molecular weight is 379 g/mol. The molecule has 1 aliphatic heterocycles. The summed E-state index contributed by atoms with van der Waals surface area (Å²) >= 11 is 5.98. The highest BCUT2D eigenvalue weighted by atomic mass is 35.5. The second-order valence-corrected chi connectivity index (χ2v) is 7.81. The number of piperidine rings is 1. The molecule has 3 rings (SSSR count). The highest BCUT2D eigenvalue weighted by molar-refractivity contribution is 6.32. The largest absolute Gasteiger partial charge is 0.349 e. The van der Waals surface area contributed by atoms with E-state index in [1.54, 1.807) is 6.92 Å². The Balaban J connectivity index is 1.56. The molecule has 2 aliphatic rings. The molecular weight excluding hydrogens is 352 g/mol. The lowest BCUT2D eigenvalue weighted by Crippen LogP contribution is -2.50. The molecule has 6 nitrogen and oxygen atoms in total. The molecular formula is C19H27ClN4O2. The standard InChI is InChI=1S/C19H27ClN4O2/c1-12-10-15(21-19(26)17-13(2)22-23-18(17)20)8-9-24(12)16(25)11-14-6-4-3-5-7-14/h11-12,15H,3-10H2,1-2H3,(H,21,26)(H,22,23). The van der Waals surface area contributed by atoms with Crippen LogP contribution in [-0.4, -0.2) is 45.5 Å². The summed E-state index contributed by atoms with van der Waals surface area (Å²) in [4.78, 5) is 27.0. The zero-order valence-electron chi connectivity index (χ0n) is 15.5. The van der Waals surface area contributed by atoms with Gasteiger partial charge in [-0.05, 0) is 52.4 Å². The zero-order chi connectivity index (χ0) is 18.7. The summed E-state index contributed by atoms with van der Waals surface area (Å²) in [6.07, 6.45) is 9.11. The first-order chi connectivity index (χ1) is 12.5. The Labute approximate surface area is 159 Å². The Kier molecular flexibility index (Phi) is 6.01. The maximum atomic E-state index is 12.6. The van der Waals surface area contributed by atoms with Gasteiger partial charge in [0.2, 0.25) is 5.91 Å². The van der Waals surface area contributed by atoms with Gasteiger partial charge >= 0.3 is 0 Å². The minimum absolute atomic E-state index is 0.0363. The van der Waals surface area contributed by atoms with Crippen molar-refractivity contribution in [1.82, 2.24) is 20.4 Å². The second-order valence-electron chi connectivity index (χ2n) is 7.45. The quantitative estimate of drug-likeness (QED) is 0.791. The lowest BCUT2D eigenvalue weighted by Gasteiger charge is -2.37. The number of carbonyl (C=O) groups is 2. The van der Waals surface area contributed by atoms with E-state index in [0.29, 0.717) is 17.8 Å². The molecule has 0 spiro atoms. The highest BCUT2D eigenvalue weighted by Gasteiger charge is 2.30. The Morgan fingerprint density at radius 1 is 1.31 bits per heavy atom. The van der Waals surface area contributed by atoms with Gasteiger partial charge in [-0.15, -0.1) is 0 Å². The third kappa shape index (κ3) is 4.29. The summed E-state index contributed by atoms with van der Waals surface area (Å²) in [5.74, 6) is -0.0875. The third-order valence-electron chi connectivity index (χ3n) is 5.45. The molecule has 1 aromatic heterocycles. The SMILES string of the molecule is Cc1[nH]nc(Cl)c1C(=O)NC1CCN(C(=O)C=C2CCCCC2)C(C)C1. The molecule has 7 heteroatoms. The minimum atomic E-state index is -0.206. The van der Waals surface area contributed by atoms with Gasteiger partial charge in [-0.25, -0.2) is 0 Å². The van der Waals surface area contributed by atoms with Crippen LogP contribution in [0.25, 0.3) is 0 Å². The van der Waals surface area contributed by atoms with Gasteiger partial charge in [-0.1, -0.05) is 23.6 Å². The van der Waals surface area contributed by atoms with Crippen LogP contribution in [0.5, 0.6) is 0 Å². The van der Waals surface area contributed by atoms with Crippen molar-refractivity contribution < 1.29 is 9.59 Å². The van der Waals surface area contributed by atoms with Crippen LogP contribution >= 0.6 is 11.6 Å². The van der Waals surface area contributed by atoms with Gasteiger partial charge in [0.05, 0.1) is 5.56 Å². The fourth-order valence-electron chi connectivity index (χ4n) is 3.96. The van der Waals surface area contributed by atoms with Gasteiger partial charge in [0.1, 0.15) is 0 Å². The molecule has 2 unspecified atom stereocenters. The van der Waals surface area contributed by atoms with Crippen molar-refractivity contribution in [3.63, 3.8) is 0 Å². The number of hydrogen-bond acceptors (Lipinski definition) is 3. The monoisotopic (exact) mass is 378 g/mol. The van der Waals surface area contributed by atoms with Crippen molar-refractivity contribution in [2.24, 2.45) is 0 Å². The number of halogens is 1. The fraction of sp³-hybridized carbons (Fsp3) is 0.632. The maximum Gasteiger partial charge on any atom is 0.256 e. The number of aryl methyl sites for hydroxylation is 1. The van der Waals surface area contributed by atoms with E-state index < -0.39 is 0 Å². The smallest absolute Gasteiger partial charge is 0.256 e. The first-order valence-corrected chi connectivity index (χ1v) is 9.85. The number of rotatable bonds is 3. The van der Waals surface area contributed by atoms with Crippen molar-refractivity contribution in [2.75, 3.05) is 6.54 Å². The lowest BCUT2D eigenvalue weighted by atomic mass is 9.93. The van der Waals surface area contributed by atoms with Crippen LogP contribution in [0.1, 0.15) is 67.9 Å². The van der Waals surface area contributed by atoms with Gasteiger partial charge in [0, 0.05) is 30.4 Å². The van der Waals surface area contributed by atoms with Gasteiger partial charge in [-0.3, -0.25) is 14.7 Å². The number of nitrogens with zero attached hydrogens (tertiary/aromatic N) is 2. The van der Waals surface area contributed by atoms with E-state index in [2.05, 4.69) is 15.5 Å². The molecule has 1 aliphatic carbocycles. The van der Waals surface area contributed by atoms with E-state index in [-0.39, 0.29) is 29.1 Å².